The van der Waals surface area contributed by atoms with Crippen LogP contribution in [0.1, 0.15) is 16.8 Å². The van der Waals surface area contributed by atoms with Crippen molar-refractivity contribution in [3.63, 3.8) is 0 Å². The fourth-order valence-corrected chi connectivity index (χ4v) is 2.94. The van der Waals surface area contributed by atoms with Gasteiger partial charge in [0.2, 0.25) is 0 Å². The molecule has 0 bridgehead atoms. The predicted molar refractivity (Wildman–Crippen MR) is 103 cm³/mol. The Labute approximate surface area is 163 Å². The number of nitrogens with zero attached hydrogens (tertiary/aromatic N) is 5. The van der Waals surface area contributed by atoms with Gasteiger partial charge in [0.1, 0.15) is 23.0 Å². The van der Waals surface area contributed by atoms with Crippen LogP contribution in [0.4, 0.5) is 30.5 Å². The summed E-state index contributed by atoms with van der Waals surface area (Å²) in [7, 11) is 0. The van der Waals surface area contributed by atoms with Crippen molar-refractivity contribution in [2.75, 3.05) is 11.1 Å². The van der Waals surface area contributed by atoms with E-state index in [-0.39, 0.29) is 17.2 Å². The molecule has 0 amide bonds. The number of rotatable bonds is 3. The molecule has 0 aliphatic rings. The summed E-state index contributed by atoms with van der Waals surface area (Å²) in [5, 5.41) is 3.07. The minimum atomic E-state index is -4.65. The Morgan fingerprint density at radius 2 is 1.83 bits per heavy atom. The van der Waals surface area contributed by atoms with E-state index in [1.165, 1.54) is 22.9 Å². The zero-order valence-electron chi connectivity index (χ0n) is 15.5. The van der Waals surface area contributed by atoms with Gasteiger partial charge in [-0.25, -0.2) is 19.9 Å². The monoisotopic (exact) mass is 399 g/mol. The second-order valence-electron chi connectivity index (χ2n) is 6.43. The number of nitrogen functional groups attached to an aromatic ring is 1. The molecule has 4 rings (SSSR count). The van der Waals surface area contributed by atoms with E-state index in [0.717, 1.165) is 11.1 Å². The molecule has 29 heavy (non-hydrogen) atoms. The molecular formula is C19H16F3N7. The van der Waals surface area contributed by atoms with Crippen LogP contribution in [-0.2, 0) is 6.18 Å². The standard InChI is InChI=1S/C19H16F3N7/c1-10-11(2)17(23)25-9-12(10)26-13-6-7-24-18(27-13)15-16(19(20,21)22)28-14-5-3-4-8-29(14)15/h3-9H,1-2H3,(H2,23,25)(H,24,26,27). The first-order chi connectivity index (χ1) is 13.8. The van der Waals surface area contributed by atoms with Gasteiger partial charge in [-0.1, -0.05) is 6.07 Å². The Balaban J connectivity index is 1.82. The van der Waals surface area contributed by atoms with Crippen LogP contribution in [0.3, 0.4) is 0 Å². The van der Waals surface area contributed by atoms with Gasteiger partial charge in [0, 0.05) is 12.4 Å². The van der Waals surface area contributed by atoms with Gasteiger partial charge in [-0.05, 0) is 43.2 Å². The van der Waals surface area contributed by atoms with Crippen molar-refractivity contribution in [1.82, 2.24) is 24.3 Å². The maximum atomic E-state index is 13.6. The predicted octanol–water partition coefficient (Wildman–Crippen LogP) is 4.15. The lowest BCUT2D eigenvalue weighted by Gasteiger charge is -2.13. The lowest BCUT2D eigenvalue weighted by atomic mass is 10.1. The van der Waals surface area contributed by atoms with Crippen LogP contribution in [0.2, 0.25) is 0 Å². The first-order valence-electron chi connectivity index (χ1n) is 8.62. The molecule has 0 unspecified atom stereocenters. The van der Waals surface area contributed by atoms with Gasteiger partial charge in [-0.15, -0.1) is 0 Å². The number of anilines is 3. The van der Waals surface area contributed by atoms with Gasteiger partial charge in [0.05, 0.1) is 11.9 Å². The lowest BCUT2D eigenvalue weighted by Crippen LogP contribution is -2.09. The summed E-state index contributed by atoms with van der Waals surface area (Å²) in [5.41, 5.74) is 7.02. The van der Waals surface area contributed by atoms with Crippen molar-refractivity contribution in [3.8, 4) is 11.5 Å². The molecule has 0 aromatic carbocycles. The lowest BCUT2D eigenvalue weighted by molar-refractivity contribution is -0.140. The molecule has 0 saturated heterocycles. The van der Waals surface area contributed by atoms with E-state index in [4.69, 9.17) is 5.73 Å². The topological polar surface area (TPSA) is 94.0 Å². The fraction of sp³-hybridized carbons (Fsp3) is 0.158. The maximum Gasteiger partial charge on any atom is 0.435 e. The van der Waals surface area contributed by atoms with Gasteiger partial charge in [-0.3, -0.25) is 4.40 Å². The molecule has 4 aromatic rings. The first-order valence-corrected chi connectivity index (χ1v) is 8.62. The molecule has 0 aliphatic heterocycles. The van der Waals surface area contributed by atoms with Crippen LogP contribution in [-0.4, -0.2) is 24.3 Å². The van der Waals surface area contributed by atoms with E-state index >= 15 is 0 Å². The fourth-order valence-electron chi connectivity index (χ4n) is 2.94. The molecule has 0 aliphatic carbocycles. The normalized spacial score (nSPS) is 11.8. The Hall–Kier alpha value is -3.69. The Kier molecular flexibility index (Phi) is 4.33. The number of alkyl halides is 3. The van der Waals surface area contributed by atoms with Crippen LogP contribution in [0, 0.1) is 13.8 Å². The highest BCUT2D eigenvalue weighted by molar-refractivity contribution is 5.67. The number of halogens is 3. The third-order valence-electron chi connectivity index (χ3n) is 4.61. The van der Waals surface area contributed by atoms with E-state index in [2.05, 4.69) is 25.3 Å². The quantitative estimate of drug-likeness (QED) is 0.538. The van der Waals surface area contributed by atoms with E-state index in [1.807, 2.05) is 13.8 Å². The zero-order chi connectivity index (χ0) is 20.8. The summed E-state index contributed by atoms with van der Waals surface area (Å²) in [6, 6.07) is 6.29. The highest BCUT2D eigenvalue weighted by Crippen LogP contribution is 2.36. The van der Waals surface area contributed by atoms with Crippen molar-refractivity contribution in [2.24, 2.45) is 0 Å². The minimum absolute atomic E-state index is 0.0983. The van der Waals surface area contributed by atoms with Crippen molar-refractivity contribution < 1.29 is 13.2 Å². The summed E-state index contributed by atoms with van der Waals surface area (Å²) in [5.74, 6) is 0.638. The molecule has 0 spiro atoms. The number of aromatic nitrogens is 5. The van der Waals surface area contributed by atoms with Gasteiger partial charge in [0.25, 0.3) is 0 Å². The molecule has 4 heterocycles. The Morgan fingerprint density at radius 3 is 2.59 bits per heavy atom. The highest BCUT2D eigenvalue weighted by Gasteiger charge is 2.39. The molecule has 148 valence electrons. The average Bonchev–Trinajstić information content (AvgIpc) is 3.09. The van der Waals surface area contributed by atoms with Crippen molar-refractivity contribution in [1.29, 1.82) is 0 Å². The molecule has 4 aromatic heterocycles. The molecule has 0 radical (unpaired) electrons. The first kappa shape index (κ1) is 18.7. The number of nitrogens with two attached hydrogens (primary N) is 1. The van der Waals surface area contributed by atoms with Crippen molar-refractivity contribution >= 4 is 23.0 Å². The second kappa shape index (κ2) is 6.73. The van der Waals surface area contributed by atoms with E-state index < -0.39 is 11.9 Å². The number of hydrogen-bond acceptors (Lipinski definition) is 6. The average molecular weight is 399 g/mol. The Morgan fingerprint density at radius 1 is 1.03 bits per heavy atom. The van der Waals surface area contributed by atoms with E-state index in [0.29, 0.717) is 17.3 Å². The summed E-state index contributed by atoms with van der Waals surface area (Å²) >= 11 is 0. The summed E-state index contributed by atoms with van der Waals surface area (Å²) < 4.78 is 42.1. The van der Waals surface area contributed by atoms with Crippen LogP contribution in [0.5, 0.6) is 0 Å². The summed E-state index contributed by atoms with van der Waals surface area (Å²) in [4.78, 5) is 16.2. The zero-order valence-corrected chi connectivity index (χ0v) is 15.5. The van der Waals surface area contributed by atoms with Crippen LogP contribution < -0.4 is 11.1 Å². The highest BCUT2D eigenvalue weighted by atomic mass is 19.4. The van der Waals surface area contributed by atoms with Gasteiger partial charge in [0.15, 0.2) is 11.5 Å². The number of nitrogens with one attached hydrogen (secondary N) is 1. The molecule has 0 fully saturated rings. The van der Waals surface area contributed by atoms with E-state index in [9.17, 15) is 13.2 Å². The van der Waals surface area contributed by atoms with Gasteiger partial charge in [-0.2, -0.15) is 13.2 Å². The molecule has 10 heteroatoms. The van der Waals surface area contributed by atoms with Gasteiger partial charge < -0.3 is 11.1 Å². The van der Waals surface area contributed by atoms with E-state index in [1.54, 1.807) is 24.4 Å². The second-order valence-corrected chi connectivity index (χ2v) is 6.43. The third-order valence-corrected chi connectivity index (χ3v) is 4.61. The minimum Gasteiger partial charge on any atom is -0.383 e. The number of pyridine rings is 2. The molecule has 7 nitrogen and oxygen atoms in total. The van der Waals surface area contributed by atoms with Crippen LogP contribution in [0.15, 0.2) is 42.9 Å². The molecule has 0 atom stereocenters. The molecule has 3 N–H and O–H groups in total. The Bertz CT molecular complexity index is 1210. The molecule has 0 saturated carbocycles. The van der Waals surface area contributed by atoms with Crippen molar-refractivity contribution in [2.45, 2.75) is 20.0 Å². The number of hydrogen-bond donors (Lipinski definition) is 2. The molecular weight excluding hydrogens is 383 g/mol. The number of fused-ring (bicyclic) bond motifs is 1. The van der Waals surface area contributed by atoms with Crippen LogP contribution >= 0.6 is 0 Å². The third kappa shape index (κ3) is 3.33. The number of imidazole rings is 1. The maximum absolute atomic E-state index is 13.6. The summed E-state index contributed by atoms with van der Waals surface area (Å²) in [6.07, 6.45) is -0.217. The largest absolute Gasteiger partial charge is 0.435 e. The van der Waals surface area contributed by atoms with Crippen molar-refractivity contribution in [3.05, 3.63) is 59.7 Å². The smallest absolute Gasteiger partial charge is 0.383 e. The SMILES string of the molecule is Cc1c(Nc2ccnc(-c3c(C(F)(F)F)nc4ccccn34)n2)cnc(N)c1C. The van der Waals surface area contributed by atoms with Gasteiger partial charge >= 0.3 is 6.18 Å². The van der Waals surface area contributed by atoms with Crippen LogP contribution in [0.25, 0.3) is 17.2 Å². The summed E-state index contributed by atoms with van der Waals surface area (Å²) in [6.45, 7) is 3.70.